The summed E-state index contributed by atoms with van der Waals surface area (Å²) in [6.07, 6.45) is 0. The zero-order valence-electron chi connectivity index (χ0n) is 20.7. The van der Waals surface area contributed by atoms with Crippen LogP contribution in [0, 0.1) is 23.2 Å². The maximum Gasteiger partial charge on any atom is 0.186 e. The van der Waals surface area contributed by atoms with Gasteiger partial charge in [-0.3, -0.25) is 4.79 Å². The average molecular weight is 506 g/mol. The van der Waals surface area contributed by atoms with Crippen LogP contribution in [0.3, 0.4) is 0 Å². The Balaban J connectivity index is 1.57. The molecular formula is C35H24NOP. The van der Waals surface area contributed by atoms with E-state index in [2.05, 4.69) is 54.3 Å². The average Bonchev–Trinajstić information content (AvgIpc) is 3.00. The van der Waals surface area contributed by atoms with Gasteiger partial charge < -0.3 is 0 Å². The predicted molar refractivity (Wildman–Crippen MR) is 159 cm³/mol. The monoisotopic (exact) mass is 505 g/mol. The third-order valence-corrected chi connectivity index (χ3v) is 10.3. The van der Waals surface area contributed by atoms with E-state index in [-0.39, 0.29) is 5.78 Å². The quantitative estimate of drug-likeness (QED) is 0.169. The fourth-order valence-corrected chi connectivity index (χ4v) is 8.17. The van der Waals surface area contributed by atoms with Crippen LogP contribution in [0.15, 0.2) is 140 Å². The first-order valence-corrected chi connectivity index (χ1v) is 14.1. The molecule has 0 spiro atoms. The molecule has 5 aromatic rings. The summed E-state index contributed by atoms with van der Waals surface area (Å²) in [7, 11) is 0. The third kappa shape index (κ3) is 5.28. The second kappa shape index (κ2) is 11.5. The second-order valence-electron chi connectivity index (χ2n) is 8.74. The maximum absolute atomic E-state index is 13.8. The number of nitriles is 1. The van der Waals surface area contributed by atoms with E-state index in [4.69, 9.17) is 5.26 Å². The van der Waals surface area contributed by atoms with Crippen molar-refractivity contribution >= 4 is 34.4 Å². The summed E-state index contributed by atoms with van der Waals surface area (Å²) in [5.41, 5.74) is 2.89. The van der Waals surface area contributed by atoms with Crippen molar-refractivity contribution in [2.24, 2.45) is 0 Å². The molecule has 0 atom stereocenters. The van der Waals surface area contributed by atoms with Crippen LogP contribution in [-0.2, 0) is 0 Å². The lowest BCUT2D eigenvalue weighted by molar-refractivity contribution is 0.107. The van der Waals surface area contributed by atoms with E-state index in [1.165, 1.54) is 0 Å². The van der Waals surface area contributed by atoms with Crippen molar-refractivity contribution in [3.63, 3.8) is 0 Å². The molecule has 0 amide bonds. The van der Waals surface area contributed by atoms with Gasteiger partial charge in [-0.1, -0.05) is 103 Å². The minimum Gasteiger partial charge on any atom is -0.289 e. The lowest BCUT2D eigenvalue weighted by atomic mass is 10.1. The molecule has 0 aliphatic rings. The van der Waals surface area contributed by atoms with Crippen molar-refractivity contribution in [1.82, 2.24) is 0 Å². The number of rotatable bonds is 5. The van der Waals surface area contributed by atoms with Gasteiger partial charge in [-0.05, 0) is 77.1 Å². The summed E-state index contributed by atoms with van der Waals surface area (Å²) in [6, 6.07) is 47.7. The Morgan fingerprint density at radius 2 is 0.895 bits per heavy atom. The van der Waals surface area contributed by atoms with Gasteiger partial charge in [0.1, 0.15) is 0 Å². The highest BCUT2D eigenvalue weighted by Gasteiger charge is 2.26. The van der Waals surface area contributed by atoms with Gasteiger partial charge in [0.2, 0.25) is 0 Å². The van der Waals surface area contributed by atoms with Crippen LogP contribution >= 0.6 is 6.89 Å². The van der Waals surface area contributed by atoms with Crippen molar-refractivity contribution in [3.05, 3.63) is 162 Å². The molecule has 0 bridgehead atoms. The second-order valence-corrected chi connectivity index (χ2v) is 12.0. The number of Topliss-reactive ketones (excluding diaryl/α,β-unsaturated/α-hetero) is 1. The van der Waals surface area contributed by atoms with E-state index in [9.17, 15) is 4.79 Å². The largest absolute Gasteiger partial charge is 0.289 e. The van der Waals surface area contributed by atoms with Crippen molar-refractivity contribution in [1.29, 1.82) is 5.26 Å². The summed E-state index contributed by atoms with van der Waals surface area (Å²) in [5, 5.41) is 12.4. The highest BCUT2D eigenvalue weighted by molar-refractivity contribution is 7.95. The van der Waals surface area contributed by atoms with Gasteiger partial charge in [0, 0.05) is 16.7 Å². The lowest BCUT2D eigenvalue weighted by Gasteiger charge is -2.28. The summed E-state index contributed by atoms with van der Waals surface area (Å²) in [6.45, 7) is -2.37. The van der Waals surface area contributed by atoms with E-state index in [1.54, 1.807) is 12.1 Å². The number of nitrogens with zero attached hydrogens (tertiary/aromatic N) is 1. The fraction of sp³-hybridized carbons (Fsp3) is 0. The van der Waals surface area contributed by atoms with Gasteiger partial charge in [-0.25, -0.2) is 0 Å². The molecule has 0 heterocycles. The molecule has 0 aliphatic carbocycles. The third-order valence-electron chi connectivity index (χ3n) is 6.34. The molecule has 5 aromatic carbocycles. The fourth-order valence-electron chi connectivity index (χ4n) is 4.40. The van der Waals surface area contributed by atoms with Gasteiger partial charge in [-0.2, -0.15) is 5.26 Å². The van der Waals surface area contributed by atoms with Crippen LogP contribution in [0.25, 0.3) is 0 Å². The van der Waals surface area contributed by atoms with E-state index < -0.39 is 6.89 Å². The van der Waals surface area contributed by atoms with E-state index in [0.29, 0.717) is 11.1 Å². The van der Waals surface area contributed by atoms with Gasteiger partial charge >= 0.3 is 0 Å². The molecular weight excluding hydrogens is 481 g/mol. The molecule has 180 valence electrons. The lowest BCUT2D eigenvalue weighted by Crippen LogP contribution is -2.28. The number of hydrogen-bond acceptors (Lipinski definition) is 2. The molecule has 3 heteroatoms. The molecule has 0 fully saturated rings. The molecule has 0 N–H and O–H groups in total. The SMILES string of the molecule is N#Cc1ccc(C#Cc2ccc(C(=O)C=P(c3ccccc3)(c3ccccc3)c3ccccc3)cc2)cc1. The first-order valence-electron chi connectivity index (χ1n) is 12.3. The van der Waals surface area contributed by atoms with Crippen LogP contribution in [0.2, 0.25) is 0 Å². The van der Waals surface area contributed by atoms with Gasteiger partial charge in [0.15, 0.2) is 5.78 Å². The zero-order valence-corrected chi connectivity index (χ0v) is 21.6. The Labute approximate surface area is 223 Å². The Morgan fingerprint density at radius 1 is 0.526 bits per heavy atom. The summed E-state index contributed by atoms with van der Waals surface area (Å²) in [5.74, 6) is 8.20. The van der Waals surface area contributed by atoms with Crippen molar-refractivity contribution < 1.29 is 4.79 Å². The first kappa shape index (κ1) is 24.8. The van der Waals surface area contributed by atoms with Gasteiger partial charge in [0.05, 0.1) is 11.6 Å². The highest BCUT2D eigenvalue weighted by atomic mass is 31.2. The van der Waals surface area contributed by atoms with Crippen LogP contribution in [0.4, 0.5) is 0 Å². The smallest absolute Gasteiger partial charge is 0.186 e. The van der Waals surface area contributed by atoms with Crippen molar-refractivity contribution in [3.8, 4) is 17.9 Å². The van der Waals surface area contributed by atoms with Crippen LogP contribution < -0.4 is 15.9 Å². The molecule has 0 aliphatic heterocycles. The number of benzene rings is 5. The molecule has 5 rings (SSSR count). The Bertz CT molecular complexity index is 1600. The van der Waals surface area contributed by atoms with Crippen molar-refractivity contribution in [2.45, 2.75) is 0 Å². The normalized spacial score (nSPS) is 10.5. The number of carbonyl (C=O) groups is 1. The molecule has 38 heavy (non-hydrogen) atoms. The van der Waals surface area contributed by atoms with Crippen molar-refractivity contribution in [2.75, 3.05) is 0 Å². The van der Waals surface area contributed by atoms with Gasteiger partial charge in [0.25, 0.3) is 0 Å². The molecule has 0 saturated heterocycles. The molecule has 0 unspecified atom stereocenters. The topological polar surface area (TPSA) is 40.9 Å². The van der Waals surface area contributed by atoms with E-state index >= 15 is 0 Å². The minimum atomic E-state index is -2.37. The highest BCUT2D eigenvalue weighted by Crippen LogP contribution is 2.43. The van der Waals surface area contributed by atoms with Crippen LogP contribution in [0.1, 0.15) is 27.0 Å². The number of hydrogen-bond donors (Lipinski definition) is 0. The molecule has 0 aromatic heterocycles. The maximum atomic E-state index is 13.8. The van der Waals surface area contributed by atoms with E-state index in [1.807, 2.05) is 96.8 Å². The number of ketones is 1. The minimum absolute atomic E-state index is 0.0125. The Kier molecular flexibility index (Phi) is 7.47. The van der Waals surface area contributed by atoms with Crippen LogP contribution in [-0.4, -0.2) is 11.6 Å². The predicted octanol–water partition coefficient (Wildman–Crippen LogP) is 5.94. The first-order chi connectivity index (χ1) is 18.7. The standard InChI is InChI=1S/C35H24NOP/c36-26-30-20-18-28(19-21-30)16-17-29-22-24-31(25-23-29)35(37)27-38(32-10-4-1-5-11-32,33-12-6-2-7-13-33)34-14-8-3-9-15-34/h1-15,18-25,27H. The zero-order chi connectivity index (χ0) is 26.2. The Hall–Kier alpha value is -4.88. The van der Waals surface area contributed by atoms with E-state index in [0.717, 1.165) is 27.0 Å². The summed E-state index contributed by atoms with van der Waals surface area (Å²) in [4.78, 5) is 13.8. The van der Waals surface area contributed by atoms with Crippen LogP contribution in [0.5, 0.6) is 0 Å². The molecule has 0 saturated carbocycles. The number of carbonyl (C=O) groups excluding carboxylic acids is 1. The summed E-state index contributed by atoms with van der Waals surface area (Å²) >= 11 is 0. The Morgan fingerprint density at radius 3 is 1.29 bits per heavy atom. The van der Waals surface area contributed by atoms with Gasteiger partial charge in [-0.15, -0.1) is 0 Å². The molecule has 0 radical (unpaired) electrons. The molecule has 2 nitrogen and oxygen atoms in total. The summed E-state index contributed by atoms with van der Waals surface area (Å²) < 4.78 is 0.